The minimum atomic E-state index is -0.172. The van der Waals surface area contributed by atoms with Gasteiger partial charge in [-0.25, -0.2) is 0 Å². The van der Waals surface area contributed by atoms with Gasteiger partial charge in [0.15, 0.2) is 11.5 Å². The van der Waals surface area contributed by atoms with Gasteiger partial charge >= 0.3 is 0 Å². The van der Waals surface area contributed by atoms with E-state index in [2.05, 4.69) is 0 Å². The highest BCUT2D eigenvalue weighted by atomic mass is 32.1. The van der Waals surface area contributed by atoms with Gasteiger partial charge in [0, 0.05) is 0 Å². The van der Waals surface area contributed by atoms with Crippen molar-refractivity contribution < 1.29 is 14.6 Å². The average molecular weight is 248 g/mol. The maximum absolute atomic E-state index is 12.2. The Balaban J connectivity index is 2.48. The molecule has 1 aromatic heterocycles. The summed E-state index contributed by atoms with van der Waals surface area (Å²) in [5.74, 6) is 0.0340. The molecule has 17 heavy (non-hydrogen) atoms. The lowest BCUT2D eigenvalue weighted by atomic mass is 10.1. The number of benzene rings is 1. The summed E-state index contributed by atoms with van der Waals surface area (Å²) < 4.78 is 4.98. The SMILES string of the molecule is COc1cccc(C(=O)c2sccc2C)c1O. The Morgan fingerprint density at radius 3 is 2.71 bits per heavy atom. The van der Waals surface area contributed by atoms with Crippen LogP contribution in [-0.2, 0) is 0 Å². The van der Waals surface area contributed by atoms with Crippen LogP contribution in [0, 0.1) is 6.92 Å². The number of hydrogen-bond acceptors (Lipinski definition) is 4. The van der Waals surface area contributed by atoms with Crippen LogP contribution in [0.1, 0.15) is 20.8 Å². The highest BCUT2D eigenvalue weighted by Gasteiger charge is 2.18. The van der Waals surface area contributed by atoms with Gasteiger partial charge in [-0.2, -0.15) is 0 Å². The van der Waals surface area contributed by atoms with E-state index in [0.29, 0.717) is 10.6 Å². The first kappa shape index (κ1) is 11.7. The van der Waals surface area contributed by atoms with E-state index in [-0.39, 0.29) is 17.1 Å². The molecular formula is C13H12O3S. The van der Waals surface area contributed by atoms with Crippen molar-refractivity contribution in [3.63, 3.8) is 0 Å². The first-order valence-corrected chi connectivity index (χ1v) is 5.98. The van der Waals surface area contributed by atoms with Gasteiger partial charge in [-0.05, 0) is 36.1 Å². The molecule has 0 bridgehead atoms. The largest absolute Gasteiger partial charge is 0.504 e. The number of aryl methyl sites for hydroxylation is 1. The van der Waals surface area contributed by atoms with E-state index in [1.54, 1.807) is 18.2 Å². The van der Waals surface area contributed by atoms with Crippen molar-refractivity contribution in [3.8, 4) is 11.5 Å². The van der Waals surface area contributed by atoms with Crippen molar-refractivity contribution in [1.29, 1.82) is 0 Å². The molecule has 0 aliphatic carbocycles. The molecule has 0 aliphatic heterocycles. The van der Waals surface area contributed by atoms with Crippen LogP contribution in [0.4, 0.5) is 0 Å². The van der Waals surface area contributed by atoms with E-state index in [4.69, 9.17) is 4.74 Å². The molecule has 0 amide bonds. The molecule has 1 N–H and O–H groups in total. The molecule has 0 fully saturated rings. The predicted molar refractivity (Wildman–Crippen MR) is 67.1 cm³/mol. The van der Waals surface area contributed by atoms with E-state index in [1.807, 2.05) is 18.4 Å². The number of rotatable bonds is 3. The topological polar surface area (TPSA) is 46.5 Å². The zero-order chi connectivity index (χ0) is 12.4. The smallest absolute Gasteiger partial charge is 0.207 e. The maximum atomic E-state index is 12.2. The monoisotopic (exact) mass is 248 g/mol. The molecule has 3 nitrogen and oxygen atoms in total. The molecule has 88 valence electrons. The molecule has 0 aliphatic rings. The first-order chi connectivity index (χ1) is 8.15. The number of carbonyl (C=O) groups excluding carboxylic acids is 1. The summed E-state index contributed by atoms with van der Waals surface area (Å²) in [4.78, 5) is 12.9. The quantitative estimate of drug-likeness (QED) is 0.849. The normalized spacial score (nSPS) is 10.2. The van der Waals surface area contributed by atoms with Crippen LogP contribution in [0.15, 0.2) is 29.6 Å². The van der Waals surface area contributed by atoms with Gasteiger partial charge in [-0.15, -0.1) is 11.3 Å². The molecule has 0 atom stereocenters. The minimum Gasteiger partial charge on any atom is -0.504 e. The Labute approximate surface area is 103 Å². The van der Waals surface area contributed by atoms with Crippen molar-refractivity contribution in [2.45, 2.75) is 6.92 Å². The van der Waals surface area contributed by atoms with Crippen molar-refractivity contribution >= 4 is 17.1 Å². The maximum Gasteiger partial charge on any atom is 0.207 e. The molecule has 0 saturated carbocycles. The van der Waals surface area contributed by atoms with E-state index >= 15 is 0 Å². The number of methoxy groups -OCH3 is 1. The van der Waals surface area contributed by atoms with Gasteiger partial charge in [0.25, 0.3) is 0 Å². The second kappa shape index (κ2) is 4.59. The molecule has 1 aromatic carbocycles. The summed E-state index contributed by atoms with van der Waals surface area (Å²) in [6.07, 6.45) is 0. The van der Waals surface area contributed by atoms with Gasteiger partial charge in [-0.1, -0.05) is 6.07 Å². The fourth-order valence-corrected chi connectivity index (χ4v) is 2.48. The number of ketones is 1. The van der Waals surface area contributed by atoms with Crippen molar-refractivity contribution in [2.24, 2.45) is 0 Å². The van der Waals surface area contributed by atoms with Crippen LogP contribution in [0.25, 0.3) is 0 Å². The standard InChI is InChI=1S/C13H12O3S/c1-8-6-7-17-13(8)12(15)9-4-3-5-10(16-2)11(9)14/h3-7,14H,1-2H3. The van der Waals surface area contributed by atoms with Gasteiger partial charge < -0.3 is 9.84 Å². The molecule has 4 heteroatoms. The third-order valence-corrected chi connectivity index (χ3v) is 3.55. The number of ether oxygens (including phenoxy) is 1. The summed E-state index contributed by atoms with van der Waals surface area (Å²) in [6, 6.07) is 6.79. The fourth-order valence-electron chi connectivity index (χ4n) is 1.60. The molecule has 0 saturated heterocycles. The summed E-state index contributed by atoms with van der Waals surface area (Å²) in [6.45, 7) is 1.88. The van der Waals surface area contributed by atoms with Crippen molar-refractivity contribution in [1.82, 2.24) is 0 Å². The van der Waals surface area contributed by atoms with Gasteiger partial charge in [0.05, 0.1) is 17.6 Å². The summed E-state index contributed by atoms with van der Waals surface area (Å²) in [5, 5.41) is 11.8. The fraction of sp³-hybridized carbons (Fsp3) is 0.154. The Morgan fingerprint density at radius 2 is 2.12 bits per heavy atom. The summed E-state index contributed by atoms with van der Waals surface area (Å²) in [7, 11) is 1.46. The van der Waals surface area contributed by atoms with E-state index in [9.17, 15) is 9.90 Å². The third kappa shape index (κ3) is 2.03. The van der Waals surface area contributed by atoms with Gasteiger partial charge in [-0.3, -0.25) is 4.79 Å². The molecule has 1 heterocycles. The Hall–Kier alpha value is -1.81. The molecule has 0 radical (unpaired) electrons. The number of phenols is 1. The van der Waals surface area contributed by atoms with Crippen molar-refractivity contribution in [3.05, 3.63) is 45.6 Å². The third-order valence-electron chi connectivity index (χ3n) is 2.53. The summed E-state index contributed by atoms with van der Waals surface area (Å²) >= 11 is 1.37. The number of aromatic hydroxyl groups is 1. The number of para-hydroxylation sites is 1. The second-order valence-corrected chi connectivity index (χ2v) is 4.53. The highest BCUT2D eigenvalue weighted by molar-refractivity contribution is 7.12. The lowest BCUT2D eigenvalue weighted by molar-refractivity contribution is 0.103. The molecule has 0 spiro atoms. The Bertz CT molecular complexity index is 558. The molecule has 2 aromatic rings. The van der Waals surface area contributed by atoms with Crippen LogP contribution in [0.3, 0.4) is 0 Å². The minimum absolute atomic E-state index is 0.104. The predicted octanol–water partition coefficient (Wildman–Crippen LogP) is 3.00. The lowest BCUT2D eigenvalue weighted by Gasteiger charge is -2.07. The lowest BCUT2D eigenvalue weighted by Crippen LogP contribution is -2.01. The Morgan fingerprint density at radius 1 is 1.35 bits per heavy atom. The Kier molecular flexibility index (Phi) is 3.15. The van der Waals surface area contributed by atoms with Crippen LogP contribution >= 0.6 is 11.3 Å². The number of thiophene rings is 1. The number of hydrogen-bond donors (Lipinski definition) is 1. The molecule has 0 unspecified atom stereocenters. The highest BCUT2D eigenvalue weighted by Crippen LogP contribution is 2.32. The average Bonchev–Trinajstić information content (AvgIpc) is 2.75. The summed E-state index contributed by atoms with van der Waals surface area (Å²) in [5.41, 5.74) is 1.19. The number of phenolic OH excluding ortho intramolecular Hbond substituents is 1. The van der Waals surface area contributed by atoms with Crippen LogP contribution in [0.2, 0.25) is 0 Å². The second-order valence-electron chi connectivity index (χ2n) is 3.62. The molecule has 2 rings (SSSR count). The van der Waals surface area contributed by atoms with Crippen LogP contribution < -0.4 is 4.74 Å². The van der Waals surface area contributed by atoms with E-state index < -0.39 is 0 Å². The van der Waals surface area contributed by atoms with Crippen LogP contribution in [0.5, 0.6) is 11.5 Å². The van der Waals surface area contributed by atoms with Crippen LogP contribution in [-0.4, -0.2) is 18.0 Å². The van der Waals surface area contributed by atoms with Gasteiger partial charge in [0.1, 0.15) is 0 Å². The zero-order valence-electron chi connectivity index (χ0n) is 9.56. The van der Waals surface area contributed by atoms with E-state index in [1.165, 1.54) is 18.4 Å². The number of carbonyl (C=O) groups is 1. The molecular weight excluding hydrogens is 236 g/mol. The zero-order valence-corrected chi connectivity index (χ0v) is 10.4. The first-order valence-electron chi connectivity index (χ1n) is 5.10. The van der Waals surface area contributed by atoms with Gasteiger partial charge in [0.2, 0.25) is 5.78 Å². The van der Waals surface area contributed by atoms with E-state index in [0.717, 1.165) is 5.56 Å². The van der Waals surface area contributed by atoms with Crippen molar-refractivity contribution in [2.75, 3.05) is 7.11 Å².